The van der Waals surface area contributed by atoms with E-state index in [0.717, 1.165) is 41.5 Å². The van der Waals surface area contributed by atoms with Crippen molar-refractivity contribution < 1.29 is 23.4 Å². The molecule has 0 saturated carbocycles. The smallest absolute Gasteiger partial charge is 0.328 e. The molecule has 1 aromatic rings. The summed E-state index contributed by atoms with van der Waals surface area (Å²) in [6.07, 6.45) is 5.06. The van der Waals surface area contributed by atoms with Crippen molar-refractivity contribution in [2.45, 2.75) is 78.6 Å². The highest BCUT2D eigenvalue weighted by molar-refractivity contribution is 5.81. The number of rotatable bonds is 10. The molecule has 5 heteroatoms. The number of allylic oxidation sites excluding steroid dienone is 5. The number of benzene rings is 1. The van der Waals surface area contributed by atoms with Gasteiger partial charge in [0.2, 0.25) is 6.43 Å². The summed E-state index contributed by atoms with van der Waals surface area (Å²) in [5, 5.41) is 8.94. The number of aliphatic carboxylic acids is 1. The molecule has 0 aliphatic heterocycles. The van der Waals surface area contributed by atoms with E-state index < -0.39 is 12.4 Å². The van der Waals surface area contributed by atoms with Crippen molar-refractivity contribution in [2.24, 2.45) is 0 Å². The van der Waals surface area contributed by atoms with Gasteiger partial charge in [0.15, 0.2) is 0 Å². The molecule has 170 valence electrons. The van der Waals surface area contributed by atoms with E-state index in [0.29, 0.717) is 17.2 Å². The van der Waals surface area contributed by atoms with Gasteiger partial charge >= 0.3 is 5.97 Å². The number of hydrogen-bond acceptors (Lipinski definition) is 2. The summed E-state index contributed by atoms with van der Waals surface area (Å²) in [4.78, 5) is 10.9. The van der Waals surface area contributed by atoms with Crippen LogP contribution < -0.4 is 4.74 Å². The van der Waals surface area contributed by atoms with Gasteiger partial charge in [0.1, 0.15) is 5.75 Å². The molecule has 0 saturated heterocycles. The Hall–Kier alpha value is -2.43. The zero-order valence-electron chi connectivity index (χ0n) is 19.2. The maximum absolute atomic E-state index is 12.8. The number of hydrogen-bond donors (Lipinski definition) is 1. The fraction of sp³-hybridized carbons (Fsp3) is 0.500. The fourth-order valence-electron chi connectivity index (χ4n) is 3.81. The summed E-state index contributed by atoms with van der Waals surface area (Å²) in [5.41, 5.74) is 6.20. The first-order valence-electron chi connectivity index (χ1n) is 11.0. The van der Waals surface area contributed by atoms with Gasteiger partial charge in [0.05, 0.1) is 6.61 Å². The van der Waals surface area contributed by atoms with Crippen LogP contribution in [-0.4, -0.2) is 24.1 Å². The minimum Gasteiger partial charge on any atom is -0.492 e. The summed E-state index contributed by atoms with van der Waals surface area (Å²) < 4.78 is 31.5. The molecule has 0 aromatic heterocycles. The Morgan fingerprint density at radius 3 is 2.45 bits per heavy atom. The first-order chi connectivity index (χ1) is 14.6. The van der Waals surface area contributed by atoms with Crippen molar-refractivity contribution in [2.75, 3.05) is 6.61 Å². The summed E-state index contributed by atoms with van der Waals surface area (Å²) in [7, 11) is 0. The first kappa shape index (κ1) is 24.8. The van der Waals surface area contributed by atoms with Crippen LogP contribution in [0.3, 0.4) is 0 Å². The molecular weight excluding hydrogens is 398 g/mol. The molecule has 0 spiro atoms. The molecule has 1 N–H and O–H groups in total. The van der Waals surface area contributed by atoms with E-state index in [-0.39, 0.29) is 18.9 Å². The second kappa shape index (κ2) is 11.3. The van der Waals surface area contributed by atoms with Crippen LogP contribution in [0, 0.1) is 0 Å². The topological polar surface area (TPSA) is 46.5 Å². The second-order valence-corrected chi connectivity index (χ2v) is 8.74. The highest BCUT2D eigenvalue weighted by atomic mass is 19.3. The van der Waals surface area contributed by atoms with E-state index >= 15 is 0 Å². The summed E-state index contributed by atoms with van der Waals surface area (Å²) >= 11 is 0. The highest BCUT2D eigenvalue weighted by Gasteiger charge is 2.23. The van der Waals surface area contributed by atoms with Gasteiger partial charge in [0, 0.05) is 18.1 Å². The lowest BCUT2D eigenvalue weighted by Crippen LogP contribution is -2.09. The number of alkyl halides is 2. The average Bonchev–Trinajstić information content (AvgIpc) is 3.13. The molecule has 0 amide bonds. The Balaban J connectivity index is 2.59. The number of ether oxygens (including phenoxy) is 1. The molecule has 0 fully saturated rings. The van der Waals surface area contributed by atoms with Crippen molar-refractivity contribution in [1.82, 2.24) is 0 Å². The van der Waals surface area contributed by atoms with Gasteiger partial charge in [-0.2, -0.15) is 0 Å². The highest BCUT2D eigenvalue weighted by Crippen LogP contribution is 2.43. The van der Waals surface area contributed by atoms with Crippen molar-refractivity contribution in [3.63, 3.8) is 0 Å². The number of carboxylic acids is 1. The lowest BCUT2D eigenvalue weighted by molar-refractivity contribution is -0.131. The van der Waals surface area contributed by atoms with Crippen molar-refractivity contribution in [3.05, 3.63) is 58.2 Å². The maximum atomic E-state index is 12.8. The Kier molecular flexibility index (Phi) is 9.02. The van der Waals surface area contributed by atoms with Crippen LogP contribution in [0.25, 0.3) is 5.57 Å². The molecule has 0 radical (unpaired) electrons. The zero-order chi connectivity index (χ0) is 23.1. The molecule has 1 aliphatic rings. The van der Waals surface area contributed by atoms with E-state index in [1.54, 1.807) is 6.92 Å². The molecule has 0 atom stereocenters. The predicted octanol–water partition coefficient (Wildman–Crippen LogP) is 7.49. The first-order valence-corrected chi connectivity index (χ1v) is 11.0. The Morgan fingerprint density at radius 1 is 1.16 bits per heavy atom. The maximum Gasteiger partial charge on any atom is 0.328 e. The van der Waals surface area contributed by atoms with Gasteiger partial charge in [-0.3, -0.25) is 0 Å². The second-order valence-electron chi connectivity index (χ2n) is 8.74. The summed E-state index contributed by atoms with van der Waals surface area (Å²) in [5.74, 6) is 0.262. The fourth-order valence-corrected chi connectivity index (χ4v) is 3.81. The minimum atomic E-state index is -2.39. The molecule has 0 unspecified atom stereocenters. The molecular formula is C26H34F2O3. The Labute approximate surface area is 184 Å². The Morgan fingerprint density at radius 2 is 1.87 bits per heavy atom. The quantitative estimate of drug-likeness (QED) is 0.308. The van der Waals surface area contributed by atoms with E-state index in [1.165, 1.54) is 11.6 Å². The van der Waals surface area contributed by atoms with Crippen molar-refractivity contribution in [3.8, 4) is 5.75 Å². The van der Waals surface area contributed by atoms with Crippen LogP contribution >= 0.6 is 0 Å². The van der Waals surface area contributed by atoms with Crippen molar-refractivity contribution in [1.29, 1.82) is 0 Å². The van der Waals surface area contributed by atoms with E-state index in [1.807, 2.05) is 12.2 Å². The third-order valence-corrected chi connectivity index (χ3v) is 5.50. The standard InChI is InChI=1S/C26H34F2O3/c1-16(2)20-14-22(17(3)4)26(31-12-11-24(27)28)23(15-20)21-8-6-7-19(21)10-9-18(5)13-25(29)30/h9-10,13-17,24H,6-8,11-12H2,1-5H3,(H,29,30). The zero-order valence-corrected chi connectivity index (χ0v) is 19.2. The van der Waals surface area contributed by atoms with Gasteiger partial charge in [-0.1, -0.05) is 45.9 Å². The molecule has 3 nitrogen and oxygen atoms in total. The minimum absolute atomic E-state index is 0.0235. The third-order valence-electron chi connectivity index (χ3n) is 5.50. The van der Waals surface area contributed by atoms with Gasteiger partial charge in [-0.05, 0) is 71.9 Å². The average molecular weight is 433 g/mol. The van der Waals surface area contributed by atoms with Crippen LogP contribution in [0.5, 0.6) is 5.75 Å². The molecule has 31 heavy (non-hydrogen) atoms. The number of carboxylic acid groups (broad SMARTS) is 1. The van der Waals surface area contributed by atoms with Crippen LogP contribution in [0.2, 0.25) is 0 Å². The van der Waals surface area contributed by atoms with Gasteiger partial charge < -0.3 is 9.84 Å². The van der Waals surface area contributed by atoms with E-state index in [2.05, 4.69) is 39.8 Å². The van der Waals surface area contributed by atoms with Gasteiger partial charge in [-0.25, -0.2) is 13.6 Å². The largest absolute Gasteiger partial charge is 0.492 e. The lowest BCUT2D eigenvalue weighted by Gasteiger charge is -2.22. The normalized spacial score (nSPS) is 15.2. The van der Waals surface area contributed by atoms with Crippen LogP contribution in [0.4, 0.5) is 8.78 Å². The lowest BCUT2D eigenvalue weighted by atomic mass is 9.88. The monoisotopic (exact) mass is 432 g/mol. The molecule has 2 rings (SSSR count). The molecule has 0 bridgehead atoms. The van der Waals surface area contributed by atoms with Crippen LogP contribution in [0.1, 0.15) is 88.8 Å². The molecule has 1 aliphatic carbocycles. The van der Waals surface area contributed by atoms with Gasteiger partial charge in [-0.15, -0.1) is 0 Å². The third kappa shape index (κ3) is 7.05. The molecule has 1 aromatic carbocycles. The number of halogens is 2. The number of carbonyl (C=O) groups is 1. The van der Waals surface area contributed by atoms with Crippen LogP contribution in [0.15, 0.2) is 41.5 Å². The summed E-state index contributed by atoms with van der Waals surface area (Å²) in [6.45, 7) is 10.2. The van der Waals surface area contributed by atoms with E-state index in [9.17, 15) is 13.6 Å². The Bertz CT molecular complexity index is 877. The van der Waals surface area contributed by atoms with Crippen LogP contribution in [-0.2, 0) is 4.79 Å². The van der Waals surface area contributed by atoms with Gasteiger partial charge in [0.25, 0.3) is 0 Å². The summed E-state index contributed by atoms with van der Waals surface area (Å²) in [6, 6.07) is 4.28. The van der Waals surface area contributed by atoms with E-state index in [4.69, 9.17) is 9.84 Å². The SMILES string of the molecule is CC(C=CC1=C(c2cc(C(C)C)cc(C(C)C)c2OCCC(F)F)CCC1)=CC(=O)O. The van der Waals surface area contributed by atoms with Crippen molar-refractivity contribution >= 4 is 11.5 Å². The molecule has 0 heterocycles. The predicted molar refractivity (Wildman–Crippen MR) is 122 cm³/mol.